The fourth-order valence-electron chi connectivity index (χ4n) is 4.27. The van der Waals surface area contributed by atoms with Gasteiger partial charge in [-0.3, -0.25) is 0 Å². The van der Waals surface area contributed by atoms with E-state index in [9.17, 15) is 0 Å². The van der Waals surface area contributed by atoms with Crippen molar-refractivity contribution in [1.29, 1.82) is 0 Å². The van der Waals surface area contributed by atoms with E-state index in [2.05, 4.69) is 55.4 Å². The molecule has 30 heavy (non-hydrogen) atoms. The monoisotopic (exact) mass is 438 g/mol. The van der Waals surface area contributed by atoms with Crippen molar-refractivity contribution in [3.63, 3.8) is 0 Å². The molecule has 0 atom stereocenters. The van der Waals surface area contributed by atoms with Crippen molar-refractivity contribution < 1.29 is 0 Å². The molecule has 0 unspecified atom stereocenters. The number of unbranched alkanes of at least 4 members (excludes halogenated alkanes) is 8. The zero-order valence-electron chi connectivity index (χ0n) is 23.0. The Morgan fingerprint density at radius 3 is 0.900 bits per heavy atom. The van der Waals surface area contributed by atoms with Gasteiger partial charge in [0.05, 0.1) is 0 Å². The molecule has 0 fully saturated rings. The molecule has 0 spiro atoms. The van der Waals surface area contributed by atoms with Gasteiger partial charge < -0.3 is 0 Å². The maximum absolute atomic E-state index is 2.37. The van der Waals surface area contributed by atoms with E-state index in [-0.39, 0.29) is 0 Å². The van der Waals surface area contributed by atoms with Crippen LogP contribution in [0.5, 0.6) is 0 Å². The molecule has 0 aliphatic carbocycles. The molecule has 0 heterocycles. The quantitative estimate of drug-likeness (QED) is 0.131. The molecule has 0 aromatic heterocycles. The molecule has 0 saturated heterocycles. The van der Waals surface area contributed by atoms with Crippen LogP contribution in [0.2, 0.25) is 15.8 Å². The van der Waals surface area contributed by atoms with Gasteiger partial charge in [-0.2, -0.15) is 0 Å². The lowest BCUT2D eigenvalue weighted by Gasteiger charge is -2.13. The van der Waals surface area contributed by atoms with Gasteiger partial charge in [0.1, 0.15) is 0 Å². The second kappa shape index (κ2) is 25.8. The number of hydrogen-bond donors (Lipinski definition) is 0. The van der Waals surface area contributed by atoms with E-state index in [0.29, 0.717) is 0 Å². The van der Waals surface area contributed by atoms with Gasteiger partial charge in [0.15, 0.2) is 0 Å². The van der Waals surface area contributed by atoms with Crippen LogP contribution >= 0.6 is 0 Å². The predicted octanol–water partition coefficient (Wildman–Crippen LogP) is 11.3. The van der Waals surface area contributed by atoms with E-state index in [1.807, 2.05) is 0 Å². The first kappa shape index (κ1) is 32.7. The largest absolute Gasteiger partial charge is 0.261 e. The van der Waals surface area contributed by atoms with Crippen molar-refractivity contribution in [3.05, 3.63) is 0 Å². The zero-order chi connectivity index (χ0) is 23.0. The van der Waals surface area contributed by atoms with Gasteiger partial charge in [-0.1, -0.05) is 168 Å². The van der Waals surface area contributed by atoms with E-state index in [4.69, 9.17) is 0 Å². The molecule has 1 heteroatoms. The van der Waals surface area contributed by atoms with Crippen molar-refractivity contribution in [1.82, 2.24) is 0 Å². The van der Waals surface area contributed by atoms with Crippen molar-refractivity contribution in [3.8, 4) is 0 Å². The lowest BCUT2D eigenvalue weighted by molar-refractivity contribution is 0.528. The third-order valence-corrected chi connectivity index (χ3v) is 10.1. The number of rotatable bonds is 20. The summed E-state index contributed by atoms with van der Waals surface area (Å²) >= 11 is -0.435. The molecular formula is C29H63Al. The Kier molecular flexibility index (Phi) is 28.1. The molecule has 0 radical (unpaired) electrons. The van der Waals surface area contributed by atoms with Crippen LogP contribution < -0.4 is 0 Å². The minimum Gasteiger partial charge on any atom is -0.0939 e. The van der Waals surface area contributed by atoms with Crippen molar-refractivity contribution in [2.75, 3.05) is 0 Å². The average Bonchev–Trinajstić information content (AvgIpc) is 2.67. The SMILES string of the molecule is CC(C)CCCC[CH2][Al]([CH2]CCCCC(C)C)[CH2]CCCCC(C)C.CCCCC. The summed E-state index contributed by atoms with van der Waals surface area (Å²) < 4.78 is 0. The van der Waals surface area contributed by atoms with Gasteiger partial charge in [-0.25, -0.2) is 0 Å². The highest BCUT2D eigenvalue weighted by Gasteiger charge is 2.15. The molecule has 0 N–H and O–H groups in total. The van der Waals surface area contributed by atoms with Gasteiger partial charge >= 0.3 is 0 Å². The molecule has 0 amide bonds. The van der Waals surface area contributed by atoms with E-state index in [1.165, 1.54) is 77.0 Å². The summed E-state index contributed by atoms with van der Waals surface area (Å²) in [5.74, 6) is 2.69. The highest BCUT2D eigenvalue weighted by atomic mass is 27.2. The molecule has 0 rings (SSSR count). The summed E-state index contributed by atoms with van der Waals surface area (Å²) in [5, 5.41) is 4.94. The molecular weight excluding hydrogens is 375 g/mol. The second-order valence-corrected chi connectivity index (χ2v) is 14.8. The zero-order valence-corrected chi connectivity index (χ0v) is 24.2. The predicted molar refractivity (Wildman–Crippen MR) is 145 cm³/mol. The smallest absolute Gasteiger partial charge is 0.0939 e. The van der Waals surface area contributed by atoms with Gasteiger partial charge in [-0.15, -0.1) is 0 Å². The lowest BCUT2D eigenvalue weighted by atomic mass is 10.1. The first-order valence-electron chi connectivity index (χ1n) is 14.3. The van der Waals surface area contributed by atoms with Crippen LogP contribution in [0.4, 0.5) is 0 Å². The molecule has 0 bridgehead atoms. The number of hydrogen-bond acceptors (Lipinski definition) is 0. The highest BCUT2D eigenvalue weighted by molar-refractivity contribution is 6.58. The summed E-state index contributed by atoms with van der Waals surface area (Å²) in [6.45, 7) is 18.6. The van der Waals surface area contributed by atoms with Crippen LogP contribution in [0.1, 0.15) is 152 Å². The van der Waals surface area contributed by atoms with Crippen molar-refractivity contribution in [2.24, 2.45) is 17.8 Å². The van der Waals surface area contributed by atoms with Crippen LogP contribution in [-0.4, -0.2) is 14.1 Å². The molecule has 0 saturated carbocycles. The Hall–Kier alpha value is 0.532. The van der Waals surface area contributed by atoms with Crippen molar-refractivity contribution >= 4 is 14.1 Å². The Labute approximate surface area is 199 Å². The Morgan fingerprint density at radius 1 is 0.400 bits per heavy atom. The molecule has 0 aromatic carbocycles. The van der Waals surface area contributed by atoms with Gasteiger partial charge in [0.25, 0.3) is 14.1 Å². The molecule has 0 aromatic rings. The van der Waals surface area contributed by atoms with Gasteiger partial charge in [0.2, 0.25) is 0 Å². The van der Waals surface area contributed by atoms with E-state index in [0.717, 1.165) is 17.8 Å². The van der Waals surface area contributed by atoms with E-state index < -0.39 is 14.1 Å². The van der Waals surface area contributed by atoms with Crippen LogP contribution in [0, 0.1) is 17.8 Å². The Balaban J connectivity index is 0. The van der Waals surface area contributed by atoms with Crippen LogP contribution in [0.3, 0.4) is 0 Å². The summed E-state index contributed by atoms with van der Waals surface area (Å²) in [6, 6.07) is 0. The minimum absolute atomic E-state index is 0.435. The molecule has 182 valence electrons. The third-order valence-electron chi connectivity index (χ3n) is 6.39. The fourth-order valence-corrected chi connectivity index (χ4v) is 7.74. The van der Waals surface area contributed by atoms with Gasteiger partial charge in [0, 0.05) is 0 Å². The van der Waals surface area contributed by atoms with Crippen LogP contribution in [0.25, 0.3) is 0 Å². The summed E-state index contributed by atoms with van der Waals surface area (Å²) in [7, 11) is 0. The summed E-state index contributed by atoms with van der Waals surface area (Å²) in [6.07, 6.45) is 22.0. The topological polar surface area (TPSA) is 0 Å². The maximum atomic E-state index is 2.37. The van der Waals surface area contributed by atoms with E-state index in [1.54, 1.807) is 35.1 Å². The third kappa shape index (κ3) is 30.7. The lowest BCUT2D eigenvalue weighted by Crippen LogP contribution is -2.12. The highest BCUT2D eigenvalue weighted by Crippen LogP contribution is 2.21. The average molecular weight is 439 g/mol. The maximum Gasteiger partial charge on any atom is 0.261 e. The first-order chi connectivity index (χ1) is 14.3. The second-order valence-electron chi connectivity index (χ2n) is 11.3. The normalized spacial score (nSPS) is 11.3. The molecule has 0 aliphatic rings. The molecule has 0 nitrogen and oxygen atoms in total. The minimum atomic E-state index is -0.435. The van der Waals surface area contributed by atoms with Crippen LogP contribution in [0.15, 0.2) is 0 Å². The first-order valence-corrected chi connectivity index (χ1v) is 16.8. The summed E-state index contributed by atoms with van der Waals surface area (Å²) in [5.41, 5.74) is 0. The molecule has 0 aliphatic heterocycles. The van der Waals surface area contributed by atoms with Crippen molar-refractivity contribution in [2.45, 2.75) is 168 Å². The Morgan fingerprint density at radius 2 is 0.700 bits per heavy atom. The standard InChI is InChI=1S/3C8H17.C5H12.Al/c3*1-4-5-6-7-8(2)3;1-3-5-4-2;/h3*8H,1,4-7H2,2-3H3;3-5H2,1-2H3;. The van der Waals surface area contributed by atoms with Crippen LogP contribution in [-0.2, 0) is 0 Å². The fraction of sp³-hybridized carbons (Fsp3) is 1.00. The Bertz CT molecular complexity index is 250. The summed E-state index contributed by atoms with van der Waals surface area (Å²) in [4.78, 5) is 0. The van der Waals surface area contributed by atoms with E-state index >= 15 is 0 Å². The van der Waals surface area contributed by atoms with Gasteiger partial charge in [-0.05, 0) is 17.8 Å².